The zero-order chi connectivity index (χ0) is 26.1. The maximum atomic E-state index is 14.0. The first-order valence-corrected chi connectivity index (χ1v) is 12.2. The summed E-state index contributed by atoms with van der Waals surface area (Å²) in [5, 5.41) is 3.16. The Kier molecular flexibility index (Phi) is 13.4. The molecule has 1 aliphatic rings. The van der Waals surface area contributed by atoms with E-state index in [1.807, 2.05) is 6.07 Å². The molecule has 2 unspecified atom stereocenters. The van der Waals surface area contributed by atoms with E-state index in [4.69, 9.17) is 33.3 Å². The molecule has 2 aromatic carbocycles. The molecular weight excluding hydrogens is 487 g/mol. The van der Waals surface area contributed by atoms with E-state index >= 15 is 0 Å². The molecule has 37 heavy (non-hydrogen) atoms. The summed E-state index contributed by atoms with van der Waals surface area (Å²) in [4.78, 5) is 17.9. The van der Waals surface area contributed by atoms with Crippen LogP contribution in [-0.2, 0) is 33.3 Å². The molecule has 0 spiro atoms. The second-order valence-corrected chi connectivity index (χ2v) is 7.94. The van der Waals surface area contributed by atoms with Crippen molar-refractivity contribution < 1.29 is 42.4 Å². The Labute approximate surface area is 216 Å². The van der Waals surface area contributed by atoms with E-state index in [-0.39, 0.29) is 19.0 Å². The molecule has 11 heteroatoms. The highest BCUT2D eigenvalue weighted by Gasteiger charge is 2.28. The lowest BCUT2D eigenvalue weighted by molar-refractivity contribution is -0.0129. The maximum Gasteiger partial charge on any atom is 0.338 e. The number of esters is 1. The van der Waals surface area contributed by atoms with Crippen LogP contribution in [0.2, 0.25) is 0 Å². The normalized spacial score (nSPS) is 17.2. The predicted octanol–water partition coefficient (Wildman–Crippen LogP) is 2.52. The lowest BCUT2D eigenvalue weighted by Gasteiger charge is -2.13. The van der Waals surface area contributed by atoms with Gasteiger partial charge in [-0.3, -0.25) is 10.2 Å². The number of halogens is 1. The van der Waals surface area contributed by atoms with Crippen LogP contribution < -0.4 is 10.8 Å². The van der Waals surface area contributed by atoms with E-state index in [1.54, 1.807) is 43.5 Å². The number of ether oxygens (including phenoxy) is 6. The SMILES string of the molecule is COCCOCCOCCOCCOCCOC(=O)c1cccc(C2NOC(c3ccccc3F)N2)c1. The smallest absolute Gasteiger partial charge is 0.338 e. The van der Waals surface area contributed by atoms with Crippen LogP contribution >= 0.6 is 0 Å². The van der Waals surface area contributed by atoms with Crippen LogP contribution in [0.5, 0.6) is 0 Å². The van der Waals surface area contributed by atoms with Gasteiger partial charge in [-0.25, -0.2) is 9.18 Å². The van der Waals surface area contributed by atoms with Crippen molar-refractivity contribution in [2.75, 3.05) is 73.2 Å². The van der Waals surface area contributed by atoms with Gasteiger partial charge >= 0.3 is 5.97 Å². The summed E-state index contributed by atoms with van der Waals surface area (Å²) >= 11 is 0. The highest BCUT2D eigenvalue weighted by atomic mass is 19.1. The van der Waals surface area contributed by atoms with Crippen LogP contribution in [-0.4, -0.2) is 79.1 Å². The fourth-order valence-corrected chi connectivity index (χ4v) is 3.39. The van der Waals surface area contributed by atoms with Crippen molar-refractivity contribution in [3.8, 4) is 0 Å². The Morgan fingerprint density at radius 2 is 1.46 bits per heavy atom. The minimum absolute atomic E-state index is 0.119. The van der Waals surface area contributed by atoms with Crippen LogP contribution in [0, 0.1) is 5.82 Å². The first-order valence-electron chi connectivity index (χ1n) is 12.2. The van der Waals surface area contributed by atoms with Gasteiger partial charge in [0, 0.05) is 12.7 Å². The molecule has 204 valence electrons. The number of rotatable bonds is 18. The molecule has 0 aliphatic carbocycles. The number of benzene rings is 2. The number of nitrogens with one attached hydrogen (secondary N) is 2. The van der Waals surface area contributed by atoms with Gasteiger partial charge in [-0.05, 0) is 23.8 Å². The number of hydroxylamine groups is 1. The summed E-state index contributed by atoms with van der Waals surface area (Å²) in [6.45, 7) is 4.27. The van der Waals surface area contributed by atoms with Crippen molar-refractivity contribution in [1.82, 2.24) is 10.8 Å². The second kappa shape index (κ2) is 17.1. The Hall–Kier alpha value is -2.48. The van der Waals surface area contributed by atoms with Gasteiger partial charge in [-0.2, -0.15) is 5.48 Å². The monoisotopic (exact) mass is 522 g/mol. The third kappa shape index (κ3) is 10.4. The summed E-state index contributed by atoms with van der Waals surface area (Å²) in [5.41, 5.74) is 4.38. The van der Waals surface area contributed by atoms with E-state index in [9.17, 15) is 9.18 Å². The van der Waals surface area contributed by atoms with E-state index in [0.717, 1.165) is 5.56 Å². The molecular formula is C26H35FN2O8. The molecule has 2 atom stereocenters. The first-order chi connectivity index (χ1) is 18.2. The molecule has 10 nitrogen and oxygen atoms in total. The Morgan fingerprint density at radius 3 is 2.11 bits per heavy atom. The number of carbonyl (C=O) groups is 1. The van der Waals surface area contributed by atoms with Gasteiger partial charge in [-0.1, -0.05) is 30.3 Å². The van der Waals surface area contributed by atoms with Crippen LogP contribution in [0.15, 0.2) is 48.5 Å². The predicted molar refractivity (Wildman–Crippen MR) is 131 cm³/mol. The van der Waals surface area contributed by atoms with Gasteiger partial charge in [0.15, 0.2) is 6.23 Å². The summed E-state index contributed by atoms with van der Waals surface area (Å²) < 4.78 is 45.7. The van der Waals surface area contributed by atoms with Crippen LogP contribution in [0.3, 0.4) is 0 Å². The van der Waals surface area contributed by atoms with Crippen molar-refractivity contribution in [2.45, 2.75) is 12.4 Å². The van der Waals surface area contributed by atoms with E-state index in [2.05, 4.69) is 10.8 Å². The molecule has 3 rings (SSSR count). The summed E-state index contributed by atoms with van der Waals surface area (Å²) in [6.07, 6.45) is -1.07. The Morgan fingerprint density at radius 1 is 0.838 bits per heavy atom. The molecule has 1 fully saturated rings. The minimum Gasteiger partial charge on any atom is -0.460 e. The molecule has 1 heterocycles. The van der Waals surface area contributed by atoms with E-state index in [0.29, 0.717) is 64.0 Å². The number of carbonyl (C=O) groups excluding carboxylic acids is 1. The maximum absolute atomic E-state index is 14.0. The summed E-state index contributed by atoms with van der Waals surface area (Å²) in [6, 6.07) is 13.3. The summed E-state index contributed by atoms with van der Waals surface area (Å²) in [5.74, 6) is -0.826. The molecule has 0 aromatic heterocycles. The third-order valence-electron chi connectivity index (χ3n) is 5.27. The lowest BCUT2D eigenvalue weighted by Crippen LogP contribution is -2.23. The second-order valence-electron chi connectivity index (χ2n) is 7.94. The number of hydrogen-bond donors (Lipinski definition) is 2. The average Bonchev–Trinajstić information content (AvgIpc) is 3.41. The highest BCUT2D eigenvalue weighted by molar-refractivity contribution is 5.89. The topological polar surface area (TPSA) is 106 Å². The van der Waals surface area contributed by atoms with E-state index in [1.165, 1.54) is 6.07 Å². The molecule has 1 aliphatic heterocycles. The fourth-order valence-electron chi connectivity index (χ4n) is 3.39. The minimum atomic E-state index is -0.652. The largest absolute Gasteiger partial charge is 0.460 e. The van der Waals surface area contributed by atoms with Crippen molar-refractivity contribution in [3.05, 3.63) is 71.0 Å². The molecule has 2 N–H and O–H groups in total. The Bertz CT molecular complexity index is 935. The molecule has 0 amide bonds. The standard InChI is InChI=1S/C26H35FN2O8/c1-31-9-10-32-11-12-33-13-14-34-15-16-35-17-18-36-26(30)21-6-4-5-20(19-21)24-28-25(37-29-24)22-7-2-3-8-23(22)27/h2-8,19,24-25,28-29H,9-18H2,1H3. The van der Waals surface area contributed by atoms with Gasteiger partial charge in [-0.15, -0.1) is 0 Å². The first kappa shape index (κ1) is 29.1. The van der Waals surface area contributed by atoms with E-state index < -0.39 is 18.4 Å². The lowest BCUT2D eigenvalue weighted by atomic mass is 10.1. The number of methoxy groups -OCH3 is 1. The molecule has 1 saturated heterocycles. The van der Waals surface area contributed by atoms with Crippen LogP contribution in [0.1, 0.15) is 33.9 Å². The van der Waals surface area contributed by atoms with Crippen molar-refractivity contribution in [1.29, 1.82) is 0 Å². The van der Waals surface area contributed by atoms with Gasteiger partial charge in [0.1, 0.15) is 18.6 Å². The fraction of sp³-hybridized carbons (Fsp3) is 0.500. The Balaban J connectivity index is 1.24. The van der Waals surface area contributed by atoms with Gasteiger partial charge in [0.25, 0.3) is 0 Å². The number of hydrogen-bond acceptors (Lipinski definition) is 10. The van der Waals surface area contributed by atoms with Gasteiger partial charge in [0.05, 0.1) is 65.0 Å². The molecule has 0 bridgehead atoms. The van der Waals surface area contributed by atoms with Crippen molar-refractivity contribution in [2.24, 2.45) is 0 Å². The zero-order valence-electron chi connectivity index (χ0n) is 21.0. The summed E-state index contributed by atoms with van der Waals surface area (Å²) in [7, 11) is 1.63. The quantitative estimate of drug-likeness (QED) is 0.224. The van der Waals surface area contributed by atoms with Gasteiger partial charge < -0.3 is 28.4 Å². The third-order valence-corrected chi connectivity index (χ3v) is 5.27. The molecule has 2 aromatic rings. The van der Waals surface area contributed by atoms with Crippen molar-refractivity contribution >= 4 is 5.97 Å². The average molecular weight is 523 g/mol. The van der Waals surface area contributed by atoms with Crippen LogP contribution in [0.25, 0.3) is 0 Å². The van der Waals surface area contributed by atoms with Gasteiger partial charge in [0.2, 0.25) is 0 Å². The highest BCUT2D eigenvalue weighted by Crippen LogP contribution is 2.27. The zero-order valence-corrected chi connectivity index (χ0v) is 21.0. The van der Waals surface area contributed by atoms with Crippen LogP contribution in [0.4, 0.5) is 4.39 Å². The molecule has 0 saturated carbocycles. The van der Waals surface area contributed by atoms with Crippen molar-refractivity contribution in [3.63, 3.8) is 0 Å². The molecule has 0 radical (unpaired) electrons.